The number of carbonyl (C=O) groups is 1. The van der Waals surface area contributed by atoms with Crippen LogP contribution in [-0.4, -0.2) is 25.7 Å². The molecule has 1 aliphatic heterocycles. The summed E-state index contributed by atoms with van der Waals surface area (Å²) in [7, 11) is 1.65. The van der Waals surface area contributed by atoms with Gasteiger partial charge in [-0.1, -0.05) is 38.1 Å². The van der Waals surface area contributed by atoms with Crippen LogP contribution in [0.15, 0.2) is 48.5 Å². The van der Waals surface area contributed by atoms with Crippen molar-refractivity contribution < 1.29 is 19.0 Å². The molecular formula is C22H25NO4. The van der Waals surface area contributed by atoms with E-state index in [0.29, 0.717) is 24.7 Å². The lowest BCUT2D eigenvalue weighted by molar-refractivity contribution is -0.129. The molecule has 1 unspecified atom stereocenters. The maximum atomic E-state index is 12.7. The van der Waals surface area contributed by atoms with E-state index in [9.17, 15) is 4.79 Å². The second kappa shape index (κ2) is 8.73. The van der Waals surface area contributed by atoms with Gasteiger partial charge in [-0.2, -0.15) is 0 Å². The molecule has 0 aliphatic carbocycles. The molecule has 1 amide bonds. The van der Waals surface area contributed by atoms with Crippen molar-refractivity contribution in [2.45, 2.75) is 26.6 Å². The molecule has 0 aromatic heterocycles. The number of fused-ring (bicyclic) bond motifs is 3. The van der Waals surface area contributed by atoms with Gasteiger partial charge < -0.3 is 19.5 Å². The summed E-state index contributed by atoms with van der Waals surface area (Å²) in [6.45, 7) is 4.65. The number of anilines is 1. The smallest absolute Gasteiger partial charge is 0.253 e. The lowest BCUT2D eigenvalue weighted by Crippen LogP contribution is -2.35. The topological polar surface area (TPSA) is 56.8 Å². The Morgan fingerprint density at radius 3 is 2.78 bits per heavy atom. The van der Waals surface area contributed by atoms with Gasteiger partial charge in [0.2, 0.25) is 0 Å². The number of hydrogen-bond donors (Lipinski definition) is 1. The van der Waals surface area contributed by atoms with E-state index in [1.165, 1.54) is 0 Å². The molecule has 5 nitrogen and oxygen atoms in total. The molecule has 1 heterocycles. The average molecular weight is 367 g/mol. The quantitative estimate of drug-likeness (QED) is 0.861. The van der Waals surface area contributed by atoms with E-state index in [1.54, 1.807) is 7.11 Å². The summed E-state index contributed by atoms with van der Waals surface area (Å²) in [4.78, 5) is 12.7. The van der Waals surface area contributed by atoms with E-state index in [-0.39, 0.29) is 11.8 Å². The number of para-hydroxylation sites is 2. The molecule has 0 radical (unpaired) electrons. The largest absolute Gasteiger partial charge is 0.497 e. The predicted molar refractivity (Wildman–Crippen MR) is 106 cm³/mol. The van der Waals surface area contributed by atoms with E-state index in [0.717, 1.165) is 16.9 Å². The zero-order valence-corrected chi connectivity index (χ0v) is 15.9. The number of rotatable bonds is 2. The Morgan fingerprint density at radius 1 is 1.19 bits per heavy atom. The summed E-state index contributed by atoms with van der Waals surface area (Å²) in [6, 6.07) is 13.3. The first kappa shape index (κ1) is 19.0. The maximum Gasteiger partial charge on any atom is 0.253 e. The second-order valence-electron chi connectivity index (χ2n) is 6.79. The number of hydrogen-bond acceptors (Lipinski definition) is 4. The number of benzene rings is 2. The zero-order chi connectivity index (χ0) is 19.2. The lowest BCUT2D eigenvalue weighted by atomic mass is 10.1. The maximum absolute atomic E-state index is 12.7. The number of methoxy groups -OCH3 is 1. The lowest BCUT2D eigenvalue weighted by Gasteiger charge is -2.21. The van der Waals surface area contributed by atoms with Gasteiger partial charge in [0.1, 0.15) is 24.2 Å². The van der Waals surface area contributed by atoms with Crippen molar-refractivity contribution in [1.29, 1.82) is 0 Å². The summed E-state index contributed by atoms with van der Waals surface area (Å²) in [5, 5.41) is 2.94. The Bertz CT molecular complexity index is 829. The standard InChI is InChI=1S/C22H25NO4/c1-15(2)21-22(24)23-19-8-4-5-9-20(19)27-14-17-11-16(7-6-10-26-21)12-18(13-17)25-3/h4-9,11-13,15,21H,10,14H2,1-3H3,(H,23,24)/b7-6-. The van der Waals surface area contributed by atoms with Gasteiger partial charge in [0.05, 0.1) is 19.4 Å². The monoisotopic (exact) mass is 367 g/mol. The highest BCUT2D eigenvalue weighted by molar-refractivity contribution is 5.95. The van der Waals surface area contributed by atoms with Crippen molar-refractivity contribution in [3.63, 3.8) is 0 Å². The molecule has 5 heteroatoms. The molecule has 2 aromatic rings. The fourth-order valence-electron chi connectivity index (χ4n) is 2.96. The molecule has 27 heavy (non-hydrogen) atoms. The third-order valence-corrected chi connectivity index (χ3v) is 4.31. The van der Waals surface area contributed by atoms with Crippen LogP contribution in [0.25, 0.3) is 6.08 Å². The van der Waals surface area contributed by atoms with Crippen molar-refractivity contribution >= 4 is 17.7 Å². The number of carbonyl (C=O) groups excluding carboxylic acids is 1. The van der Waals surface area contributed by atoms with Gasteiger partial charge in [0.25, 0.3) is 5.91 Å². The van der Waals surface area contributed by atoms with Gasteiger partial charge in [-0.25, -0.2) is 0 Å². The molecule has 3 rings (SSSR count). The first-order valence-electron chi connectivity index (χ1n) is 9.05. The van der Waals surface area contributed by atoms with Crippen LogP contribution < -0.4 is 14.8 Å². The minimum atomic E-state index is -0.550. The van der Waals surface area contributed by atoms with Gasteiger partial charge >= 0.3 is 0 Å². The van der Waals surface area contributed by atoms with Crippen LogP contribution in [0.2, 0.25) is 0 Å². The fraction of sp³-hybridized carbons (Fsp3) is 0.318. The van der Waals surface area contributed by atoms with Crippen LogP contribution in [0.3, 0.4) is 0 Å². The van der Waals surface area contributed by atoms with Crippen molar-refractivity contribution in [3.05, 3.63) is 59.7 Å². The molecular weight excluding hydrogens is 342 g/mol. The predicted octanol–water partition coefficient (Wildman–Crippen LogP) is 4.28. The Kier molecular flexibility index (Phi) is 6.14. The molecule has 0 saturated carbocycles. The van der Waals surface area contributed by atoms with E-state index in [2.05, 4.69) is 5.32 Å². The summed E-state index contributed by atoms with van der Waals surface area (Å²) >= 11 is 0. The van der Waals surface area contributed by atoms with E-state index >= 15 is 0 Å². The zero-order valence-electron chi connectivity index (χ0n) is 15.9. The molecule has 0 saturated heterocycles. The molecule has 1 N–H and O–H groups in total. The summed E-state index contributed by atoms with van der Waals surface area (Å²) in [5.74, 6) is 1.25. The highest BCUT2D eigenvalue weighted by atomic mass is 16.5. The highest BCUT2D eigenvalue weighted by Gasteiger charge is 2.23. The Hall–Kier alpha value is -2.79. The van der Waals surface area contributed by atoms with Crippen molar-refractivity contribution in [1.82, 2.24) is 0 Å². The Balaban J connectivity index is 1.97. The third-order valence-electron chi connectivity index (χ3n) is 4.31. The van der Waals surface area contributed by atoms with Crippen LogP contribution in [-0.2, 0) is 16.1 Å². The van der Waals surface area contributed by atoms with Crippen LogP contribution in [0.4, 0.5) is 5.69 Å². The number of amides is 1. The van der Waals surface area contributed by atoms with Crippen LogP contribution >= 0.6 is 0 Å². The minimum absolute atomic E-state index is 0.0443. The summed E-state index contributed by atoms with van der Waals surface area (Å²) in [5.41, 5.74) is 2.60. The number of nitrogens with one attached hydrogen (secondary N) is 1. The van der Waals surface area contributed by atoms with Gasteiger partial charge in [-0.05, 0) is 47.4 Å². The third kappa shape index (κ3) is 4.89. The fourth-order valence-corrected chi connectivity index (χ4v) is 2.96. The van der Waals surface area contributed by atoms with Gasteiger partial charge in [-0.3, -0.25) is 4.79 Å². The normalized spacial score (nSPS) is 18.7. The molecule has 2 aromatic carbocycles. The average Bonchev–Trinajstić information content (AvgIpc) is 2.66. The number of ether oxygens (including phenoxy) is 3. The molecule has 1 aliphatic rings. The summed E-state index contributed by atoms with van der Waals surface area (Å²) in [6.07, 6.45) is 3.31. The van der Waals surface area contributed by atoms with Crippen LogP contribution in [0.5, 0.6) is 11.5 Å². The molecule has 0 fully saturated rings. The molecule has 1 atom stereocenters. The molecule has 142 valence electrons. The second-order valence-corrected chi connectivity index (χ2v) is 6.79. The van der Waals surface area contributed by atoms with E-state index in [4.69, 9.17) is 14.2 Å². The van der Waals surface area contributed by atoms with Crippen LogP contribution in [0.1, 0.15) is 25.0 Å². The van der Waals surface area contributed by atoms with Gasteiger partial charge in [0, 0.05) is 0 Å². The SMILES string of the molecule is COc1cc2cc(c1)COc1ccccc1NC(=O)C(C(C)C)OC/C=C\2. The first-order valence-corrected chi connectivity index (χ1v) is 9.05. The first-order chi connectivity index (χ1) is 13.1. The minimum Gasteiger partial charge on any atom is -0.497 e. The Morgan fingerprint density at radius 2 is 2.00 bits per heavy atom. The van der Waals surface area contributed by atoms with Crippen molar-refractivity contribution in [3.8, 4) is 11.5 Å². The van der Waals surface area contributed by atoms with E-state index in [1.807, 2.05) is 68.5 Å². The summed E-state index contributed by atoms with van der Waals surface area (Å²) < 4.78 is 17.2. The molecule has 0 spiro atoms. The van der Waals surface area contributed by atoms with Crippen molar-refractivity contribution in [2.24, 2.45) is 5.92 Å². The van der Waals surface area contributed by atoms with Crippen molar-refractivity contribution in [2.75, 3.05) is 19.0 Å². The van der Waals surface area contributed by atoms with E-state index < -0.39 is 6.10 Å². The van der Waals surface area contributed by atoms with Gasteiger partial charge in [0.15, 0.2) is 0 Å². The van der Waals surface area contributed by atoms with Gasteiger partial charge in [-0.15, -0.1) is 0 Å². The highest BCUT2D eigenvalue weighted by Crippen LogP contribution is 2.27. The Labute approximate surface area is 159 Å². The van der Waals surface area contributed by atoms with Crippen LogP contribution in [0, 0.1) is 5.92 Å². The molecule has 2 bridgehead atoms.